The smallest absolute Gasteiger partial charge is 0.0922 e. The zero-order valence-corrected chi connectivity index (χ0v) is 6.08. The van der Waals surface area contributed by atoms with Crippen molar-refractivity contribution in [2.75, 3.05) is 5.75 Å². The lowest BCUT2D eigenvalue weighted by Gasteiger charge is -1.97. The van der Waals surface area contributed by atoms with Crippen LogP contribution in [0, 0.1) is 16.7 Å². The van der Waals surface area contributed by atoms with E-state index >= 15 is 0 Å². The fourth-order valence-electron chi connectivity index (χ4n) is 1.40. The van der Waals surface area contributed by atoms with Gasteiger partial charge in [-0.05, 0) is 24.7 Å². The third-order valence-electron chi connectivity index (χ3n) is 2.31. The van der Waals surface area contributed by atoms with Crippen LogP contribution in [0.3, 0.4) is 0 Å². The summed E-state index contributed by atoms with van der Waals surface area (Å²) in [7, 11) is 0. The van der Waals surface area contributed by atoms with Gasteiger partial charge in [0.15, 0.2) is 0 Å². The van der Waals surface area contributed by atoms with Crippen LogP contribution in [-0.4, -0.2) is 11.0 Å². The van der Waals surface area contributed by atoms with Crippen molar-refractivity contribution in [1.82, 2.24) is 0 Å². The van der Waals surface area contributed by atoms with Gasteiger partial charge in [-0.2, -0.15) is 5.26 Å². The monoisotopic (exact) mass is 139 g/mol. The van der Waals surface area contributed by atoms with E-state index in [1.54, 1.807) is 0 Å². The largest absolute Gasteiger partial charge is 0.197 e. The molecule has 1 saturated heterocycles. The molecule has 2 aliphatic rings. The van der Waals surface area contributed by atoms with Crippen molar-refractivity contribution < 1.29 is 0 Å². The number of nitrogens with zero attached hydrogens (tertiary/aromatic N) is 1. The van der Waals surface area contributed by atoms with Crippen molar-refractivity contribution in [1.29, 1.82) is 5.26 Å². The first kappa shape index (κ1) is 5.61. The summed E-state index contributed by atoms with van der Waals surface area (Å²) in [6, 6.07) is 2.32. The molecule has 1 unspecified atom stereocenters. The van der Waals surface area contributed by atoms with E-state index in [9.17, 15) is 0 Å². The lowest BCUT2D eigenvalue weighted by atomic mass is 10.0. The predicted molar refractivity (Wildman–Crippen MR) is 38.1 cm³/mol. The van der Waals surface area contributed by atoms with Crippen LogP contribution in [0.15, 0.2) is 0 Å². The predicted octanol–water partition coefficient (Wildman–Crippen LogP) is 1.80. The molecule has 0 radical (unpaired) electrons. The van der Waals surface area contributed by atoms with E-state index in [-0.39, 0.29) is 0 Å². The minimum atomic E-state index is 0.326. The molecule has 2 heteroatoms. The molecule has 1 aliphatic heterocycles. The first-order chi connectivity index (χ1) is 4.35. The zero-order chi connectivity index (χ0) is 6.32. The Balaban J connectivity index is 2.02. The Labute approximate surface area is 59.4 Å². The van der Waals surface area contributed by atoms with E-state index in [1.165, 1.54) is 25.0 Å². The van der Waals surface area contributed by atoms with Gasteiger partial charge < -0.3 is 0 Å². The molecule has 1 saturated carbocycles. The van der Waals surface area contributed by atoms with Crippen LogP contribution in [0.4, 0.5) is 0 Å². The van der Waals surface area contributed by atoms with Gasteiger partial charge in [0.1, 0.15) is 0 Å². The van der Waals surface area contributed by atoms with Crippen molar-refractivity contribution >= 4 is 11.8 Å². The standard InChI is InChI=1S/C7H9NS/c8-4-6-3-7(1-2-7)5-9-6/h6H,1-3,5H2. The molecule has 0 amide bonds. The SMILES string of the molecule is N#CC1CC2(CC2)CS1. The van der Waals surface area contributed by atoms with Gasteiger partial charge in [-0.1, -0.05) is 0 Å². The summed E-state index contributed by atoms with van der Waals surface area (Å²) in [5.41, 5.74) is 0.658. The minimum Gasteiger partial charge on any atom is -0.197 e. The molecule has 0 bridgehead atoms. The van der Waals surface area contributed by atoms with Crippen molar-refractivity contribution in [3.63, 3.8) is 0 Å². The van der Waals surface area contributed by atoms with E-state index < -0.39 is 0 Å². The number of hydrogen-bond donors (Lipinski definition) is 0. The molecule has 0 aromatic carbocycles. The zero-order valence-electron chi connectivity index (χ0n) is 5.26. The van der Waals surface area contributed by atoms with E-state index in [0.717, 1.165) is 0 Å². The van der Waals surface area contributed by atoms with Gasteiger partial charge >= 0.3 is 0 Å². The average Bonchev–Trinajstić information content (AvgIpc) is 2.44. The second-order valence-electron chi connectivity index (χ2n) is 3.13. The van der Waals surface area contributed by atoms with Crippen LogP contribution < -0.4 is 0 Å². The Bertz CT molecular complexity index is 166. The highest BCUT2D eigenvalue weighted by atomic mass is 32.2. The summed E-state index contributed by atoms with van der Waals surface area (Å²) in [6.07, 6.45) is 3.95. The Morgan fingerprint density at radius 2 is 2.33 bits per heavy atom. The summed E-state index contributed by atoms with van der Waals surface area (Å²) >= 11 is 1.85. The molecule has 48 valence electrons. The molecule has 9 heavy (non-hydrogen) atoms. The Kier molecular flexibility index (Phi) is 1.04. The van der Waals surface area contributed by atoms with Crippen molar-refractivity contribution in [3.05, 3.63) is 0 Å². The summed E-state index contributed by atoms with van der Waals surface area (Å²) in [5.74, 6) is 1.26. The Hall–Kier alpha value is -0.160. The molecule has 2 fully saturated rings. The van der Waals surface area contributed by atoms with Crippen LogP contribution >= 0.6 is 11.8 Å². The van der Waals surface area contributed by atoms with Gasteiger partial charge in [-0.25, -0.2) is 0 Å². The van der Waals surface area contributed by atoms with Gasteiger partial charge in [-0.3, -0.25) is 0 Å². The summed E-state index contributed by atoms with van der Waals surface area (Å²) in [5, 5.41) is 8.88. The average molecular weight is 139 g/mol. The molecule has 2 rings (SSSR count). The maximum atomic E-state index is 8.56. The molecule has 1 atom stereocenters. The molecule has 1 nitrogen and oxygen atoms in total. The summed E-state index contributed by atoms with van der Waals surface area (Å²) in [4.78, 5) is 0. The van der Waals surface area contributed by atoms with Gasteiger partial charge in [0.05, 0.1) is 11.3 Å². The third kappa shape index (κ3) is 0.840. The van der Waals surface area contributed by atoms with Gasteiger partial charge in [0, 0.05) is 5.75 Å². The highest BCUT2D eigenvalue weighted by molar-refractivity contribution is 8.00. The van der Waals surface area contributed by atoms with E-state index in [1.807, 2.05) is 11.8 Å². The van der Waals surface area contributed by atoms with Crippen LogP contribution in [0.25, 0.3) is 0 Å². The fourth-order valence-corrected chi connectivity index (χ4v) is 2.90. The van der Waals surface area contributed by atoms with Crippen LogP contribution in [0.1, 0.15) is 19.3 Å². The maximum absolute atomic E-state index is 8.56. The van der Waals surface area contributed by atoms with Crippen molar-refractivity contribution in [3.8, 4) is 6.07 Å². The first-order valence-electron chi connectivity index (χ1n) is 3.36. The minimum absolute atomic E-state index is 0.326. The molecule has 0 aromatic rings. The van der Waals surface area contributed by atoms with E-state index in [0.29, 0.717) is 10.7 Å². The highest BCUT2D eigenvalue weighted by Gasteiger charge is 2.48. The number of thioether (sulfide) groups is 1. The lowest BCUT2D eigenvalue weighted by Crippen LogP contribution is -1.98. The van der Waals surface area contributed by atoms with Gasteiger partial charge in [0.25, 0.3) is 0 Å². The molecule has 1 heterocycles. The topological polar surface area (TPSA) is 23.8 Å². The maximum Gasteiger partial charge on any atom is 0.0922 e. The molecule has 0 N–H and O–H groups in total. The van der Waals surface area contributed by atoms with Crippen molar-refractivity contribution in [2.45, 2.75) is 24.5 Å². The van der Waals surface area contributed by atoms with Crippen LogP contribution in [-0.2, 0) is 0 Å². The Morgan fingerprint density at radius 1 is 1.56 bits per heavy atom. The van der Waals surface area contributed by atoms with Gasteiger partial charge in [0.2, 0.25) is 0 Å². The van der Waals surface area contributed by atoms with Gasteiger partial charge in [-0.15, -0.1) is 11.8 Å². The lowest BCUT2D eigenvalue weighted by molar-refractivity contribution is 0.572. The Morgan fingerprint density at radius 3 is 2.67 bits per heavy atom. The van der Waals surface area contributed by atoms with Crippen LogP contribution in [0.2, 0.25) is 0 Å². The normalized spacial score (nSPS) is 36.6. The molecular formula is C7H9NS. The number of hydrogen-bond acceptors (Lipinski definition) is 2. The van der Waals surface area contributed by atoms with E-state index in [4.69, 9.17) is 5.26 Å². The third-order valence-corrected chi connectivity index (χ3v) is 3.76. The summed E-state index contributed by atoms with van der Waals surface area (Å²) < 4.78 is 0. The first-order valence-corrected chi connectivity index (χ1v) is 4.41. The molecular weight excluding hydrogens is 130 g/mol. The highest BCUT2D eigenvalue weighted by Crippen LogP contribution is 2.57. The van der Waals surface area contributed by atoms with Crippen LogP contribution in [0.5, 0.6) is 0 Å². The molecule has 0 aromatic heterocycles. The van der Waals surface area contributed by atoms with E-state index in [2.05, 4.69) is 6.07 Å². The fraction of sp³-hybridized carbons (Fsp3) is 0.857. The second-order valence-corrected chi connectivity index (χ2v) is 4.32. The second kappa shape index (κ2) is 1.67. The quantitative estimate of drug-likeness (QED) is 0.511. The van der Waals surface area contributed by atoms with Crippen molar-refractivity contribution in [2.24, 2.45) is 5.41 Å². The number of nitriles is 1. The summed E-state index contributed by atoms with van der Waals surface area (Å²) in [6.45, 7) is 0. The molecule has 1 spiro atoms. The number of rotatable bonds is 0. The molecule has 1 aliphatic carbocycles.